The monoisotopic (exact) mass is 260 g/mol. The van der Waals surface area contributed by atoms with Gasteiger partial charge in [-0.05, 0) is 13.3 Å². The maximum atomic E-state index is 4.49. The highest BCUT2D eigenvalue weighted by Crippen LogP contribution is 2.14. The third-order valence-electron chi connectivity index (χ3n) is 2.80. The first-order chi connectivity index (χ1) is 9.16. The summed E-state index contributed by atoms with van der Waals surface area (Å²) in [5.74, 6) is 1.63. The number of hydrogen-bond acceptors (Lipinski definition) is 5. The van der Waals surface area contributed by atoms with E-state index in [1.54, 1.807) is 6.20 Å². The average molecular weight is 260 g/mol. The fraction of sp³-hybridized carbons (Fsp3) is 0.462. The van der Waals surface area contributed by atoms with E-state index in [1.807, 2.05) is 44.6 Å². The van der Waals surface area contributed by atoms with Crippen molar-refractivity contribution in [2.45, 2.75) is 19.9 Å². The van der Waals surface area contributed by atoms with Crippen molar-refractivity contribution in [2.75, 3.05) is 30.9 Å². The number of nitrogens with zero attached hydrogens (tertiary/aromatic N) is 5. The second kappa shape index (κ2) is 6.17. The quantitative estimate of drug-likeness (QED) is 0.799. The highest BCUT2D eigenvalue weighted by molar-refractivity contribution is 5.47. The van der Waals surface area contributed by atoms with Crippen molar-refractivity contribution in [3.05, 3.63) is 30.5 Å². The van der Waals surface area contributed by atoms with Gasteiger partial charge in [-0.3, -0.25) is 0 Å². The third-order valence-corrected chi connectivity index (χ3v) is 2.80. The second-order valence-corrected chi connectivity index (χ2v) is 4.68. The van der Waals surface area contributed by atoms with Crippen LogP contribution in [0.15, 0.2) is 24.9 Å². The van der Waals surface area contributed by atoms with Crippen molar-refractivity contribution in [1.29, 1.82) is 0 Å². The molecule has 2 aromatic rings. The summed E-state index contributed by atoms with van der Waals surface area (Å²) in [7, 11) is 3.97. The molecule has 0 aliphatic rings. The lowest BCUT2D eigenvalue weighted by atomic mass is 10.3. The van der Waals surface area contributed by atoms with Gasteiger partial charge in [0.25, 0.3) is 0 Å². The van der Waals surface area contributed by atoms with E-state index in [0.717, 1.165) is 30.9 Å². The molecule has 0 aliphatic carbocycles. The van der Waals surface area contributed by atoms with E-state index in [0.29, 0.717) is 5.95 Å². The smallest absolute Gasteiger partial charge is 0.224 e. The van der Waals surface area contributed by atoms with Gasteiger partial charge in [0.1, 0.15) is 5.82 Å². The predicted octanol–water partition coefficient (Wildman–Crippen LogP) is 1.55. The molecule has 102 valence electrons. The lowest BCUT2D eigenvalue weighted by Gasteiger charge is -2.15. The van der Waals surface area contributed by atoms with Crippen molar-refractivity contribution in [3.8, 4) is 0 Å². The van der Waals surface area contributed by atoms with Gasteiger partial charge in [-0.1, -0.05) is 0 Å². The highest BCUT2D eigenvalue weighted by Gasteiger charge is 2.04. The van der Waals surface area contributed by atoms with Gasteiger partial charge < -0.3 is 14.8 Å². The van der Waals surface area contributed by atoms with Crippen molar-refractivity contribution >= 4 is 11.8 Å². The summed E-state index contributed by atoms with van der Waals surface area (Å²) in [6, 6.07) is 0. The van der Waals surface area contributed by atoms with Gasteiger partial charge >= 0.3 is 0 Å². The van der Waals surface area contributed by atoms with Crippen molar-refractivity contribution in [3.63, 3.8) is 0 Å². The fourth-order valence-corrected chi connectivity index (χ4v) is 1.85. The largest absolute Gasteiger partial charge is 0.362 e. The minimum atomic E-state index is 0.680. The fourth-order valence-electron chi connectivity index (χ4n) is 1.85. The minimum Gasteiger partial charge on any atom is -0.362 e. The van der Waals surface area contributed by atoms with E-state index in [9.17, 15) is 0 Å². The van der Waals surface area contributed by atoms with Gasteiger partial charge in [-0.25, -0.2) is 9.97 Å². The normalized spacial score (nSPS) is 10.5. The molecule has 6 heteroatoms. The second-order valence-electron chi connectivity index (χ2n) is 4.68. The van der Waals surface area contributed by atoms with Crippen LogP contribution in [0.4, 0.5) is 11.8 Å². The molecule has 19 heavy (non-hydrogen) atoms. The van der Waals surface area contributed by atoms with Crippen LogP contribution in [0.3, 0.4) is 0 Å². The number of nitrogens with one attached hydrogen (secondary N) is 1. The van der Waals surface area contributed by atoms with Crippen LogP contribution in [0.1, 0.15) is 12.0 Å². The summed E-state index contributed by atoms with van der Waals surface area (Å²) in [6.45, 7) is 3.80. The Labute approximate surface area is 113 Å². The number of anilines is 2. The maximum absolute atomic E-state index is 4.49. The number of rotatable bonds is 6. The Morgan fingerprint density at radius 2 is 2.21 bits per heavy atom. The molecule has 2 rings (SSSR count). The molecule has 0 saturated heterocycles. The number of imidazole rings is 1. The topological polar surface area (TPSA) is 58.9 Å². The van der Waals surface area contributed by atoms with Gasteiger partial charge in [0.15, 0.2) is 0 Å². The Kier molecular flexibility index (Phi) is 4.33. The Morgan fingerprint density at radius 1 is 1.37 bits per heavy atom. The van der Waals surface area contributed by atoms with Gasteiger partial charge in [0.2, 0.25) is 5.95 Å². The minimum absolute atomic E-state index is 0.680. The van der Waals surface area contributed by atoms with Gasteiger partial charge in [0.05, 0.1) is 6.33 Å². The van der Waals surface area contributed by atoms with Crippen LogP contribution < -0.4 is 10.2 Å². The van der Waals surface area contributed by atoms with Gasteiger partial charge in [-0.2, -0.15) is 4.98 Å². The first-order valence-electron chi connectivity index (χ1n) is 6.37. The molecular weight excluding hydrogens is 240 g/mol. The number of aryl methyl sites for hydroxylation is 2. The molecule has 0 radical (unpaired) electrons. The zero-order valence-corrected chi connectivity index (χ0v) is 11.7. The van der Waals surface area contributed by atoms with E-state index in [4.69, 9.17) is 0 Å². The van der Waals surface area contributed by atoms with E-state index in [-0.39, 0.29) is 0 Å². The zero-order valence-electron chi connectivity index (χ0n) is 11.7. The van der Waals surface area contributed by atoms with E-state index < -0.39 is 0 Å². The summed E-state index contributed by atoms with van der Waals surface area (Å²) in [5.41, 5.74) is 1.08. The van der Waals surface area contributed by atoms with Crippen LogP contribution in [0.25, 0.3) is 0 Å². The molecule has 0 fully saturated rings. The van der Waals surface area contributed by atoms with E-state index in [1.165, 1.54) is 0 Å². The molecule has 0 spiro atoms. The van der Waals surface area contributed by atoms with Crippen molar-refractivity contribution in [2.24, 2.45) is 0 Å². The molecule has 0 bridgehead atoms. The summed E-state index contributed by atoms with van der Waals surface area (Å²) in [4.78, 5) is 14.8. The van der Waals surface area contributed by atoms with Gasteiger partial charge in [0, 0.05) is 51.3 Å². The molecule has 0 amide bonds. The van der Waals surface area contributed by atoms with Crippen molar-refractivity contribution < 1.29 is 0 Å². The third kappa shape index (κ3) is 3.67. The SMILES string of the molecule is Cc1cnc(NCCCn2ccnc2)nc1N(C)C. The lowest BCUT2D eigenvalue weighted by Crippen LogP contribution is -2.15. The summed E-state index contributed by atoms with van der Waals surface area (Å²) in [6.07, 6.45) is 8.43. The Bertz CT molecular complexity index is 506. The van der Waals surface area contributed by atoms with Gasteiger partial charge in [-0.15, -0.1) is 0 Å². The molecule has 1 N–H and O–H groups in total. The summed E-state index contributed by atoms with van der Waals surface area (Å²) < 4.78 is 2.06. The highest BCUT2D eigenvalue weighted by atomic mass is 15.2. The first kappa shape index (κ1) is 13.3. The molecule has 2 aromatic heterocycles. The molecule has 0 aromatic carbocycles. The Hall–Kier alpha value is -2.11. The number of aromatic nitrogens is 4. The Morgan fingerprint density at radius 3 is 2.89 bits per heavy atom. The van der Waals surface area contributed by atoms with Crippen LogP contribution in [0, 0.1) is 6.92 Å². The van der Waals surface area contributed by atoms with Crippen LogP contribution in [0.2, 0.25) is 0 Å². The molecule has 0 saturated carbocycles. The number of hydrogen-bond donors (Lipinski definition) is 1. The van der Waals surface area contributed by atoms with E-state index in [2.05, 4.69) is 24.8 Å². The summed E-state index contributed by atoms with van der Waals surface area (Å²) >= 11 is 0. The van der Waals surface area contributed by atoms with Crippen LogP contribution in [0.5, 0.6) is 0 Å². The zero-order chi connectivity index (χ0) is 13.7. The first-order valence-corrected chi connectivity index (χ1v) is 6.37. The molecule has 0 atom stereocenters. The molecular formula is C13H20N6. The molecule has 0 unspecified atom stereocenters. The summed E-state index contributed by atoms with van der Waals surface area (Å²) in [5, 5.41) is 3.25. The van der Waals surface area contributed by atoms with Crippen LogP contribution in [-0.4, -0.2) is 40.2 Å². The standard InChI is InChI=1S/C13H20N6/c1-11-9-16-13(17-12(11)18(2)3)15-5-4-7-19-8-6-14-10-19/h6,8-10H,4-5,7H2,1-3H3,(H,15,16,17). The van der Waals surface area contributed by atoms with Crippen LogP contribution in [-0.2, 0) is 6.54 Å². The van der Waals surface area contributed by atoms with Crippen LogP contribution >= 0.6 is 0 Å². The molecule has 2 heterocycles. The molecule has 0 aliphatic heterocycles. The average Bonchev–Trinajstić information content (AvgIpc) is 2.89. The Balaban J connectivity index is 1.84. The van der Waals surface area contributed by atoms with Crippen molar-refractivity contribution in [1.82, 2.24) is 19.5 Å². The lowest BCUT2D eigenvalue weighted by molar-refractivity contribution is 0.659. The maximum Gasteiger partial charge on any atom is 0.224 e. The predicted molar refractivity (Wildman–Crippen MR) is 76.4 cm³/mol. The van der Waals surface area contributed by atoms with E-state index >= 15 is 0 Å². The molecule has 6 nitrogen and oxygen atoms in total.